The first-order valence-electron chi connectivity index (χ1n) is 10.2. The minimum absolute atomic E-state index is 0.145. The van der Waals surface area contributed by atoms with Gasteiger partial charge >= 0.3 is 0 Å². The zero-order valence-corrected chi connectivity index (χ0v) is 18.9. The molecule has 0 atom stereocenters. The van der Waals surface area contributed by atoms with Crippen LogP contribution < -0.4 is 5.56 Å². The van der Waals surface area contributed by atoms with Gasteiger partial charge in [-0.1, -0.05) is 59.7 Å². The van der Waals surface area contributed by atoms with Crippen LogP contribution in [-0.4, -0.2) is 21.1 Å². The maximum Gasteiger partial charge on any atom is 0.280 e. The van der Waals surface area contributed by atoms with Crippen molar-refractivity contribution in [3.8, 4) is 11.4 Å². The molecular formula is C25H31N3O2. The average Bonchev–Trinajstić information content (AvgIpc) is 2.93. The second kappa shape index (κ2) is 7.63. The Morgan fingerprint density at radius 1 is 0.967 bits per heavy atom. The summed E-state index contributed by atoms with van der Waals surface area (Å²) in [5.41, 5.74) is 3.82. The summed E-state index contributed by atoms with van der Waals surface area (Å²) in [5.74, 6) is 0.318. The van der Waals surface area contributed by atoms with Crippen LogP contribution in [0.3, 0.4) is 0 Å². The number of nitrogens with one attached hydrogen (secondary N) is 1. The molecule has 5 heteroatoms. The minimum atomic E-state index is -0.236. The number of aromatic nitrogens is 2. The normalized spacial score (nSPS) is 12.6. The number of aromatic amines is 1. The smallest absolute Gasteiger partial charge is 0.280 e. The third-order valence-corrected chi connectivity index (χ3v) is 5.18. The van der Waals surface area contributed by atoms with E-state index in [0.717, 1.165) is 22.5 Å². The molecule has 0 saturated heterocycles. The Balaban J connectivity index is 2.09. The summed E-state index contributed by atoms with van der Waals surface area (Å²) in [6.07, 6.45) is 1.61. The first-order chi connectivity index (χ1) is 13.9. The highest BCUT2D eigenvalue weighted by atomic mass is 16.3. The van der Waals surface area contributed by atoms with E-state index in [1.807, 2.05) is 49.4 Å². The standard InChI is InChI=1S/C25H31N3O2/c1-16-19(23(30)28(27-16)18-11-9-8-10-12-18)15-26-17-13-20(24(2,3)4)22(29)21(14-17)25(5,6)7/h8-15,27,29H,1-7H3. The molecule has 0 radical (unpaired) electrons. The van der Waals surface area contributed by atoms with Gasteiger partial charge in [0.15, 0.2) is 0 Å². The van der Waals surface area contributed by atoms with Crippen LogP contribution >= 0.6 is 0 Å². The van der Waals surface area contributed by atoms with E-state index < -0.39 is 0 Å². The van der Waals surface area contributed by atoms with Crippen molar-refractivity contribution in [3.05, 3.63) is 75.2 Å². The van der Waals surface area contributed by atoms with Crippen molar-refractivity contribution in [3.63, 3.8) is 0 Å². The molecule has 0 amide bonds. The third-order valence-electron chi connectivity index (χ3n) is 5.18. The second-order valence-electron chi connectivity index (χ2n) is 9.77. The molecule has 0 spiro atoms. The van der Waals surface area contributed by atoms with Crippen LogP contribution in [-0.2, 0) is 10.8 Å². The molecule has 3 rings (SSSR count). The number of phenolic OH excluding ortho intramolecular Hbond substituents is 1. The van der Waals surface area contributed by atoms with Crippen LogP contribution in [0.4, 0.5) is 5.69 Å². The molecule has 30 heavy (non-hydrogen) atoms. The Labute approximate surface area is 178 Å². The van der Waals surface area contributed by atoms with Crippen LogP contribution in [0, 0.1) is 6.92 Å². The van der Waals surface area contributed by atoms with E-state index in [2.05, 4.69) is 51.6 Å². The Hall–Kier alpha value is -3.08. The predicted molar refractivity (Wildman–Crippen MR) is 124 cm³/mol. The number of aliphatic imine (C=N–C) groups is 1. The first-order valence-corrected chi connectivity index (χ1v) is 10.2. The van der Waals surface area contributed by atoms with Gasteiger partial charge in [0, 0.05) is 23.0 Å². The fourth-order valence-electron chi connectivity index (χ4n) is 3.45. The van der Waals surface area contributed by atoms with Gasteiger partial charge in [-0.3, -0.25) is 14.9 Å². The molecule has 3 aromatic rings. The average molecular weight is 406 g/mol. The summed E-state index contributed by atoms with van der Waals surface area (Å²) in [4.78, 5) is 17.5. The lowest BCUT2D eigenvalue weighted by Crippen LogP contribution is -2.17. The molecule has 2 N–H and O–H groups in total. The molecule has 0 bridgehead atoms. The van der Waals surface area contributed by atoms with Crippen LogP contribution in [0.5, 0.6) is 5.75 Å². The van der Waals surface area contributed by atoms with Gasteiger partial charge in [-0.05, 0) is 42.0 Å². The van der Waals surface area contributed by atoms with Gasteiger partial charge in [0.05, 0.1) is 16.9 Å². The van der Waals surface area contributed by atoms with E-state index in [4.69, 9.17) is 0 Å². The van der Waals surface area contributed by atoms with Crippen molar-refractivity contribution in [2.45, 2.75) is 59.3 Å². The fourth-order valence-corrected chi connectivity index (χ4v) is 3.45. The lowest BCUT2D eigenvalue weighted by molar-refractivity contribution is 0.423. The number of aryl methyl sites for hydroxylation is 1. The summed E-state index contributed by atoms with van der Waals surface area (Å²) in [6.45, 7) is 14.3. The molecule has 0 unspecified atom stereocenters. The van der Waals surface area contributed by atoms with Gasteiger partial charge in [0.2, 0.25) is 0 Å². The van der Waals surface area contributed by atoms with Crippen LogP contribution in [0.25, 0.3) is 5.69 Å². The summed E-state index contributed by atoms with van der Waals surface area (Å²) in [6, 6.07) is 13.3. The molecule has 0 fully saturated rings. The molecule has 5 nitrogen and oxygen atoms in total. The third kappa shape index (κ3) is 4.25. The number of H-pyrrole nitrogens is 1. The van der Waals surface area contributed by atoms with Crippen molar-refractivity contribution in [1.29, 1.82) is 0 Å². The zero-order chi connectivity index (χ0) is 22.3. The molecule has 0 aliphatic heterocycles. The number of aromatic hydroxyl groups is 1. The number of hydrogen-bond acceptors (Lipinski definition) is 3. The van der Waals surface area contributed by atoms with Crippen molar-refractivity contribution in [2.75, 3.05) is 0 Å². The van der Waals surface area contributed by atoms with E-state index >= 15 is 0 Å². The number of nitrogens with zero attached hydrogens (tertiary/aromatic N) is 2. The van der Waals surface area contributed by atoms with E-state index in [1.54, 1.807) is 6.21 Å². The molecule has 1 heterocycles. The van der Waals surface area contributed by atoms with Gasteiger partial charge in [-0.2, -0.15) is 0 Å². The van der Waals surface area contributed by atoms with Gasteiger partial charge < -0.3 is 5.11 Å². The van der Waals surface area contributed by atoms with Gasteiger partial charge in [-0.25, -0.2) is 4.68 Å². The summed E-state index contributed by atoms with van der Waals surface area (Å²) < 4.78 is 1.52. The Kier molecular flexibility index (Phi) is 5.50. The highest BCUT2D eigenvalue weighted by Crippen LogP contribution is 2.41. The van der Waals surface area contributed by atoms with Gasteiger partial charge in [0.25, 0.3) is 5.56 Å². The molecular weight excluding hydrogens is 374 g/mol. The lowest BCUT2D eigenvalue weighted by atomic mass is 9.79. The minimum Gasteiger partial charge on any atom is -0.507 e. The monoisotopic (exact) mass is 405 g/mol. The number of rotatable bonds is 3. The molecule has 2 aromatic carbocycles. The maximum absolute atomic E-state index is 12.9. The molecule has 0 aliphatic rings. The zero-order valence-electron chi connectivity index (χ0n) is 18.9. The number of hydrogen-bond donors (Lipinski definition) is 2. The Morgan fingerprint density at radius 3 is 2.00 bits per heavy atom. The van der Waals surface area contributed by atoms with Crippen molar-refractivity contribution in [2.24, 2.45) is 4.99 Å². The van der Waals surface area contributed by atoms with Crippen LogP contribution in [0.1, 0.15) is 63.9 Å². The van der Waals surface area contributed by atoms with Gasteiger partial charge in [0.1, 0.15) is 5.75 Å². The summed E-state index contributed by atoms with van der Waals surface area (Å²) >= 11 is 0. The Morgan fingerprint density at radius 2 is 1.50 bits per heavy atom. The first kappa shape index (κ1) is 21.6. The lowest BCUT2D eigenvalue weighted by Gasteiger charge is -2.27. The SMILES string of the molecule is Cc1[nH]n(-c2ccccc2)c(=O)c1C=Nc1cc(C(C)(C)C)c(O)c(C(C)(C)C)c1. The number of phenols is 1. The van der Waals surface area contributed by atoms with E-state index in [0.29, 0.717) is 17.0 Å². The topological polar surface area (TPSA) is 70.4 Å². The largest absolute Gasteiger partial charge is 0.507 e. The molecule has 158 valence electrons. The number of benzene rings is 2. The van der Waals surface area contributed by atoms with Gasteiger partial charge in [-0.15, -0.1) is 0 Å². The van der Waals surface area contributed by atoms with E-state index in [-0.39, 0.29) is 16.4 Å². The fraction of sp³-hybridized carbons (Fsp3) is 0.360. The molecule has 0 saturated carbocycles. The summed E-state index contributed by atoms with van der Waals surface area (Å²) in [7, 11) is 0. The Bertz CT molecular complexity index is 1100. The van der Waals surface area contributed by atoms with E-state index in [1.165, 1.54) is 4.68 Å². The predicted octanol–water partition coefficient (Wildman–Crippen LogP) is 5.53. The van der Waals surface area contributed by atoms with Crippen molar-refractivity contribution in [1.82, 2.24) is 9.78 Å². The highest BCUT2D eigenvalue weighted by molar-refractivity contribution is 5.83. The molecule has 0 aliphatic carbocycles. The number of para-hydroxylation sites is 1. The summed E-state index contributed by atoms with van der Waals surface area (Å²) in [5, 5.41) is 14.0. The van der Waals surface area contributed by atoms with Crippen LogP contribution in [0.2, 0.25) is 0 Å². The van der Waals surface area contributed by atoms with Crippen molar-refractivity contribution < 1.29 is 5.11 Å². The van der Waals surface area contributed by atoms with E-state index in [9.17, 15) is 9.90 Å². The quantitative estimate of drug-likeness (QED) is 0.563. The highest BCUT2D eigenvalue weighted by Gasteiger charge is 2.26. The maximum atomic E-state index is 12.9. The molecule has 1 aromatic heterocycles. The van der Waals surface area contributed by atoms with Crippen LogP contribution in [0.15, 0.2) is 52.3 Å². The second-order valence-corrected chi connectivity index (χ2v) is 9.77. The van der Waals surface area contributed by atoms with Crippen molar-refractivity contribution >= 4 is 11.9 Å².